The zero-order valence-electron chi connectivity index (χ0n) is 10.3. The molecule has 0 aliphatic carbocycles. The fraction of sp³-hybridized carbons (Fsp3) is 0.0714. The Balaban J connectivity index is 1.90. The van der Waals surface area contributed by atoms with Crippen LogP contribution in [0, 0.1) is 5.82 Å². The van der Waals surface area contributed by atoms with Crippen LogP contribution in [-0.2, 0) is 4.79 Å². The molecule has 3 nitrogen and oxygen atoms in total. The predicted octanol–water partition coefficient (Wildman–Crippen LogP) is 4.18. The third-order valence-electron chi connectivity index (χ3n) is 2.50. The third-order valence-corrected chi connectivity index (χ3v) is 3.07. The average molecular weight is 313 g/mol. The van der Waals surface area contributed by atoms with Gasteiger partial charge in [0.15, 0.2) is 0 Å². The second-order valence-corrected chi connectivity index (χ2v) is 4.88. The summed E-state index contributed by atoms with van der Waals surface area (Å²) in [6, 6.07) is 10.8. The van der Waals surface area contributed by atoms with Gasteiger partial charge in [-0.2, -0.15) is 0 Å². The van der Waals surface area contributed by atoms with Gasteiger partial charge < -0.3 is 10.6 Å². The molecule has 0 fully saturated rings. The van der Waals surface area contributed by atoms with Gasteiger partial charge in [-0.3, -0.25) is 4.79 Å². The second-order valence-electron chi connectivity index (χ2n) is 4.03. The lowest BCUT2D eigenvalue weighted by Gasteiger charge is -2.09. The summed E-state index contributed by atoms with van der Waals surface area (Å²) >= 11 is 11.6. The first-order valence-corrected chi connectivity index (χ1v) is 6.54. The van der Waals surface area contributed by atoms with Crippen LogP contribution in [0.5, 0.6) is 0 Å². The first-order valence-electron chi connectivity index (χ1n) is 5.79. The fourth-order valence-corrected chi connectivity index (χ4v) is 1.88. The lowest BCUT2D eigenvalue weighted by atomic mass is 10.3. The van der Waals surface area contributed by atoms with Crippen LogP contribution in [0.4, 0.5) is 15.8 Å². The Kier molecular flexibility index (Phi) is 4.82. The molecule has 0 saturated heterocycles. The summed E-state index contributed by atoms with van der Waals surface area (Å²) in [6.07, 6.45) is 0. The van der Waals surface area contributed by atoms with E-state index in [4.69, 9.17) is 23.2 Å². The monoisotopic (exact) mass is 312 g/mol. The van der Waals surface area contributed by atoms with Gasteiger partial charge in [0, 0.05) is 10.7 Å². The van der Waals surface area contributed by atoms with Gasteiger partial charge in [-0.25, -0.2) is 4.39 Å². The topological polar surface area (TPSA) is 41.1 Å². The van der Waals surface area contributed by atoms with Crippen molar-refractivity contribution >= 4 is 40.5 Å². The molecule has 2 rings (SSSR count). The average Bonchev–Trinajstić information content (AvgIpc) is 2.41. The van der Waals surface area contributed by atoms with Crippen LogP contribution in [0.3, 0.4) is 0 Å². The Morgan fingerprint density at radius 1 is 1.10 bits per heavy atom. The van der Waals surface area contributed by atoms with Gasteiger partial charge in [0.05, 0.1) is 17.3 Å². The van der Waals surface area contributed by atoms with E-state index in [1.807, 2.05) is 0 Å². The van der Waals surface area contributed by atoms with E-state index in [0.29, 0.717) is 10.7 Å². The first-order chi connectivity index (χ1) is 9.54. The van der Waals surface area contributed by atoms with Crippen molar-refractivity contribution < 1.29 is 9.18 Å². The standard InChI is InChI=1S/C14H11Cl2FN2O/c15-9-1-4-11(5-2-9)18-8-14(20)19-13-6-3-10(17)7-12(13)16/h1-7,18H,8H2,(H,19,20). The Labute approximate surface area is 125 Å². The normalized spacial score (nSPS) is 10.2. The lowest BCUT2D eigenvalue weighted by molar-refractivity contribution is -0.114. The van der Waals surface area contributed by atoms with E-state index in [1.165, 1.54) is 12.1 Å². The zero-order valence-corrected chi connectivity index (χ0v) is 11.8. The largest absolute Gasteiger partial charge is 0.376 e. The van der Waals surface area contributed by atoms with Crippen LogP contribution >= 0.6 is 23.2 Å². The van der Waals surface area contributed by atoms with Crippen molar-refractivity contribution in [1.29, 1.82) is 0 Å². The smallest absolute Gasteiger partial charge is 0.243 e. The van der Waals surface area contributed by atoms with Gasteiger partial charge >= 0.3 is 0 Å². The van der Waals surface area contributed by atoms with Gasteiger partial charge in [0.2, 0.25) is 5.91 Å². The van der Waals surface area contributed by atoms with E-state index >= 15 is 0 Å². The number of carbonyl (C=O) groups is 1. The van der Waals surface area contributed by atoms with E-state index in [0.717, 1.165) is 11.8 Å². The summed E-state index contributed by atoms with van der Waals surface area (Å²) in [6.45, 7) is 0.0648. The van der Waals surface area contributed by atoms with Crippen LogP contribution in [0.1, 0.15) is 0 Å². The minimum absolute atomic E-state index is 0.0648. The molecule has 0 aromatic heterocycles. The lowest BCUT2D eigenvalue weighted by Crippen LogP contribution is -2.21. The van der Waals surface area contributed by atoms with Gasteiger partial charge in [-0.05, 0) is 42.5 Å². The summed E-state index contributed by atoms with van der Waals surface area (Å²) < 4.78 is 12.9. The summed E-state index contributed by atoms with van der Waals surface area (Å²) in [7, 11) is 0. The highest BCUT2D eigenvalue weighted by Gasteiger charge is 2.06. The Morgan fingerprint density at radius 2 is 1.80 bits per heavy atom. The van der Waals surface area contributed by atoms with Crippen LogP contribution in [0.25, 0.3) is 0 Å². The minimum Gasteiger partial charge on any atom is -0.376 e. The molecule has 2 aromatic carbocycles. The Morgan fingerprint density at radius 3 is 2.45 bits per heavy atom. The molecule has 104 valence electrons. The highest BCUT2D eigenvalue weighted by Crippen LogP contribution is 2.22. The summed E-state index contributed by atoms with van der Waals surface area (Å²) in [5.74, 6) is -0.735. The molecule has 2 aromatic rings. The number of carbonyl (C=O) groups excluding carboxylic acids is 1. The van der Waals surface area contributed by atoms with E-state index in [2.05, 4.69) is 10.6 Å². The molecule has 0 bridgehead atoms. The van der Waals surface area contributed by atoms with Crippen molar-refractivity contribution in [2.45, 2.75) is 0 Å². The molecular formula is C14H11Cl2FN2O. The molecule has 0 unspecified atom stereocenters. The van der Waals surface area contributed by atoms with Crippen LogP contribution in [-0.4, -0.2) is 12.5 Å². The molecule has 2 N–H and O–H groups in total. The van der Waals surface area contributed by atoms with Gasteiger partial charge in [-0.15, -0.1) is 0 Å². The number of anilines is 2. The molecular weight excluding hydrogens is 302 g/mol. The molecule has 0 saturated carbocycles. The second kappa shape index (κ2) is 6.59. The molecule has 6 heteroatoms. The highest BCUT2D eigenvalue weighted by atomic mass is 35.5. The first kappa shape index (κ1) is 14.6. The number of amides is 1. The quantitative estimate of drug-likeness (QED) is 0.889. The molecule has 0 heterocycles. The van der Waals surface area contributed by atoms with Gasteiger partial charge in [-0.1, -0.05) is 23.2 Å². The molecule has 0 aliphatic rings. The maximum Gasteiger partial charge on any atom is 0.243 e. The van der Waals surface area contributed by atoms with E-state index in [1.54, 1.807) is 24.3 Å². The van der Waals surface area contributed by atoms with Gasteiger partial charge in [0.25, 0.3) is 0 Å². The maximum absolute atomic E-state index is 12.9. The maximum atomic E-state index is 12.9. The summed E-state index contributed by atoms with van der Waals surface area (Å²) in [4.78, 5) is 11.7. The SMILES string of the molecule is O=C(CNc1ccc(Cl)cc1)Nc1ccc(F)cc1Cl. The Bertz CT molecular complexity index is 617. The number of halogens is 3. The fourth-order valence-electron chi connectivity index (χ4n) is 1.54. The van der Waals surface area contributed by atoms with Crippen molar-refractivity contribution in [2.75, 3.05) is 17.2 Å². The number of nitrogens with one attached hydrogen (secondary N) is 2. The van der Waals surface area contributed by atoms with Crippen LogP contribution in [0.2, 0.25) is 10.0 Å². The van der Waals surface area contributed by atoms with E-state index < -0.39 is 5.82 Å². The number of hydrogen-bond acceptors (Lipinski definition) is 2. The van der Waals surface area contributed by atoms with Crippen molar-refractivity contribution in [3.05, 3.63) is 58.3 Å². The molecule has 1 amide bonds. The van der Waals surface area contributed by atoms with Crippen molar-refractivity contribution in [2.24, 2.45) is 0 Å². The van der Waals surface area contributed by atoms with Crippen LogP contribution in [0.15, 0.2) is 42.5 Å². The van der Waals surface area contributed by atoms with E-state index in [-0.39, 0.29) is 17.5 Å². The van der Waals surface area contributed by atoms with Gasteiger partial charge in [0.1, 0.15) is 5.82 Å². The minimum atomic E-state index is -0.452. The third kappa shape index (κ3) is 4.11. The summed E-state index contributed by atoms with van der Waals surface area (Å²) in [5, 5.41) is 6.31. The molecule has 0 spiro atoms. The number of hydrogen-bond donors (Lipinski definition) is 2. The van der Waals surface area contributed by atoms with Crippen molar-refractivity contribution in [3.63, 3.8) is 0 Å². The number of benzene rings is 2. The molecule has 0 radical (unpaired) electrons. The van der Waals surface area contributed by atoms with Crippen LogP contribution < -0.4 is 10.6 Å². The van der Waals surface area contributed by atoms with E-state index in [9.17, 15) is 9.18 Å². The number of rotatable bonds is 4. The highest BCUT2D eigenvalue weighted by molar-refractivity contribution is 6.33. The van der Waals surface area contributed by atoms with Crippen molar-refractivity contribution in [1.82, 2.24) is 0 Å². The van der Waals surface area contributed by atoms with Crippen molar-refractivity contribution in [3.8, 4) is 0 Å². The summed E-state index contributed by atoms with van der Waals surface area (Å²) in [5.41, 5.74) is 1.14. The Hall–Kier alpha value is -1.78. The molecule has 0 atom stereocenters. The zero-order chi connectivity index (χ0) is 14.5. The molecule has 0 aliphatic heterocycles. The predicted molar refractivity (Wildman–Crippen MR) is 80.0 cm³/mol. The molecule has 20 heavy (non-hydrogen) atoms.